The monoisotopic (exact) mass is 450 g/mol. The Kier molecular flexibility index (Phi) is 8.06. The van der Waals surface area contributed by atoms with E-state index in [9.17, 15) is 4.79 Å². The maximum absolute atomic E-state index is 12.7. The van der Waals surface area contributed by atoms with Crippen LogP contribution >= 0.6 is 15.9 Å². The minimum Gasteiger partial charge on any atom is -0.422 e. The van der Waals surface area contributed by atoms with E-state index >= 15 is 0 Å². The van der Waals surface area contributed by atoms with Crippen LogP contribution in [0, 0.1) is 0 Å². The number of para-hydroxylation sites is 1. The van der Waals surface area contributed by atoms with E-state index in [-0.39, 0.29) is 5.97 Å². The highest BCUT2D eigenvalue weighted by Gasteiger charge is 2.13. The van der Waals surface area contributed by atoms with E-state index in [4.69, 9.17) is 4.74 Å². The molecule has 0 fully saturated rings. The van der Waals surface area contributed by atoms with E-state index in [1.54, 1.807) is 0 Å². The molecule has 0 aliphatic heterocycles. The van der Waals surface area contributed by atoms with Crippen LogP contribution < -0.4 is 4.74 Å². The predicted molar refractivity (Wildman–Crippen MR) is 124 cm³/mol. The smallest absolute Gasteiger partial charge is 0.343 e. The number of ether oxygens (including phenoxy) is 1. The highest BCUT2D eigenvalue weighted by Crippen LogP contribution is 2.30. The summed E-state index contributed by atoms with van der Waals surface area (Å²) in [6.07, 6.45) is 5.80. The molecule has 3 rings (SSSR count). The maximum atomic E-state index is 12.7. The van der Waals surface area contributed by atoms with Crippen molar-refractivity contribution in [3.63, 3.8) is 0 Å². The number of carbonyl (C=O) groups is 1. The van der Waals surface area contributed by atoms with Crippen LogP contribution in [0.25, 0.3) is 11.1 Å². The second-order valence-corrected chi connectivity index (χ2v) is 8.52. The average Bonchev–Trinajstić information content (AvgIpc) is 2.77. The Morgan fingerprint density at radius 3 is 2.31 bits per heavy atom. The van der Waals surface area contributed by atoms with Crippen molar-refractivity contribution in [2.45, 2.75) is 43.9 Å². The normalized spacial score (nSPS) is 11.8. The second-order valence-electron chi connectivity index (χ2n) is 7.23. The fourth-order valence-corrected chi connectivity index (χ4v) is 3.82. The fraction of sp³-hybridized carbons (Fsp3) is 0.269. The third-order valence-corrected chi connectivity index (χ3v) is 5.90. The molecule has 0 aromatic heterocycles. The Morgan fingerprint density at radius 2 is 1.59 bits per heavy atom. The first-order valence-electron chi connectivity index (χ1n) is 10.3. The van der Waals surface area contributed by atoms with Crippen LogP contribution in [0.4, 0.5) is 0 Å². The number of alkyl halides is 1. The summed E-state index contributed by atoms with van der Waals surface area (Å²) in [6, 6.07) is 25.4. The largest absolute Gasteiger partial charge is 0.422 e. The number of rotatable bonds is 9. The summed E-state index contributed by atoms with van der Waals surface area (Å²) in [5, 5.41) is 0. The number of esters is 1. The van der Waals surface area contributed by atoms with Gasteiger partial charge >= 0.3 is 5.97 Å². The standard InChI is InChI=1S/C26H27BrO2/c1-2-3-11-23(27)19-16-20-14-17-22(18-15-20)26(28)29-25-13-8-7-12-24(25)21-9-5-4-6-10-21/h4-10,12-15,17-18,23H,2-3,11,16,19H2,1H3. The summed E-state index contributed by atoms with van der Waals surface area (Å²) < 4.78 is 5.72. The summed E-state index contributed by atoms with van der Waals surface area (Å²) in [5.41, 5.74) is 3.75. The fourth-order valence-electron chi connectivity index (χ4n) is 3.27. The van der Waals surface area contributed by atoms with E-state index in [2.05, 4.69) is 22.9 Å². The van der Waals surface area contributed by atoms with Gasteiger partial charge in [-0.15, -0.1) is 0 Å². The average molecular weight is 451 g/mol. The van der Waals surface area contributed by atoms with Crippen LogP contribution in [0.5, 0.6) is 5.75 Å². The van der Waals surface area contributed by atoms with Crippen LogP contribution in [0.15, 0.2) is 78.9 Å². The van der Waals surface area contributed by atoms with Gasteiger partial charge in [-0.2, -0.15) is 0 Å². The van der Waals surface area contributed by atoms with Crippen LogP contribution in [0.3, 0.4) is 0 Å². The molecule has 0 heterocycles. The van der Waals surface area contributed by atoms with Crippen molar-refractivity contribution in [2.75, 3.05) is 0 Å². The van der Waals surface area contributed by atoms with E-state index in [0.29, 0.717) is 16.1 Å². The number of hydrogen-bond donors (Lipinski definition) is 0. The summed E-state index contributed by atoms with van der Waals surface area (Å²) >= 11 is 3.76. The van der Waals surface area contributed by atoms with Crippen LogP contribution in [-0.4, -0.2) is 10.8 Å². The van der Waals surface area contributed by atoms with Gasteiger partial charge in [0.2, 0.25) is 0 Å². The molecule has 0 saturated heterocycles. The van der Waals surface area contributed by atoms with Gasteiger partial charge in [0.1, 0.15) is 5.75 Å². The molecule has 0 bridgehead atoms. The summed E-state index contributed by atoms with van der Waals surface area (Å²) in [4.78, 5) is 13.2. The molecule has 3 heteroatoms. The Balaban J connectivity index is 1.63. The topological polar surface area (TPSA) is 26.3 Å². The van der Waals surface area contributed by atoms with Gasteiger partial charge in [0.15, 0.2) is 0 Å². The zero-order valence-electron chi connectivity index (χ0n) is 16.8. The lowest BCUT2D eigenvalue weighted by molar-refractivity contribution is 0.0735. The molecule has 150 valence electrons. The minimum absolute atomic E-state index is 0.332. The van der Waals surface area contributed by atoms with Crippen molar-refractivity contribution >= 4 is 21.9 Å². The molecule has 29 heavy (non-hydrogen) atoms. The number of halogens is 1. The SMILES string of the molecule is CCCCC(Br)CCc1ccc(C(=O)Oc2ccccc2-c2ccccc2)cc1. The molecule has 0 amide bonds. The molecular formula is C26H27BrO2. The van der Waals surface area contributed by atoms with E-state index in [1.807, 2.05) is 78.9 Å². The van der Waals surface area contributed by atoms with E-state index in [1.165, 1.54) is 24.8 Å². The molecule has 1 atom stereocenters. The van der Waals surface area contributed by atoms with Gasteiger partial charge in [-0.25, -0.2) is 4.79 Å². The number of hydrogen-bond acceptors (Lipinski definition) is 2. The quantitative estimate of drug-likeness (QED) is 0.192. The molecule has 3 aromatic rings. The summed E-state index contributed by atoms with van der Waals surface area (Å²) in [7, 11) is 0. The third-order valence-electron chi connectivity index (χ3n) is 4.98. The Morgan fingerprint density at radius 1 is 0.897 bits per heavy atom. The minimum atomic E-state index is -0.332. The predicted octanol–water partition coefficient (Wildman–Crippen LogP) is 7.46. The zero-order chi connectivity index (χ0) is 20.5. The zero-order valence-corrected chi connectivity index (χ0v) is 18.4. The molecule has 0 N–H and O–H groups in total. The van der Waals surface area contributed by atoms with Gasteiger partial charge in [-0.3, -0.25) is 0 Å². The lowest BCUT2D eigenvalue weighted by Gasteiger charge is -2.11. The van der Waals surface area contributed by atoms with Crippen molar-refractivity contribution in [1.29, 1.82) is 0 Å². The molecule has 1 unspecified atom stereocenters. The van der Waals surface area contributed by atoms with Crippen LogP contribution in [0.1, 0.15) is 48.5 Å². The summed E-state index contributed by atoms with van der Waals surface area (Å²) in [6.45, 7) is 2.22. The number of carbonyl (C=O) groups excluding carboxylic acids is 1. The first kappa shape index (κ1) is 21.3. The van der Waals surface area contributed by atoms with Crippen LogP contribution in [-0.2, 0) is 6.42 Å². The van der Waals surface area contributed by atoms with Crippen molar-refractivity contribution in [3.8, 4) is 16.9 Å². The first-order chi connectivity index (χ1) is 14.2. The van der Waals surface area contributed by atoms with Gasteiger partial charge in [0.25, 0.3) is 0 Å². The highest BCUT2D eigenvalue weighted by atomic mass is 79.9. The van der Waals surface area contributed by atoms with Crippen molar-refractivity contribution in [3.05, 3.63) is 90.0 Å². The van der Waals surface area contributed by atoms with E-state index < -0.39 is 0 Å². The number of aryl methyl sites for hydroxylation is 1. The lowest BCUT2D eigenvalue weighted by Crippen LogP contribution is -2.09. The Labute approximate surface area is 182 Å². The van der Waals surface area contributed by atoms with Gasteiger partial charge in [0, 0.05) is 10.4 Å². The molecule has 0 spiro atoms. The molecule has 2 nitrogen and oxygen atoms in total. The second kappa shape index (κ2) is 11.0. The molecular weight excluding hydrogens is 424 g/mol. The number of unbranched alkanes of at least 4 members (excludes halogenated alkanes) is 1. The molecule has 0 aliphatic carbocycles. The highest BCUT2D eigenvalue weighted by molar-refractivity contribution is 9.09. The van der Waals surface area contributed by atoms with E-state index in [0.717, 1.165) is 24.0 Å². The Bertz CT molecular complexity index is 904. The van der Waals surface area contributed by atoms with Crippen molar-refractivity contribution in [2.24, 2.45) is 0 Å². The molecule has 0 saturated carbocycles. The summed E-state index contributed by atoms with van der Waals surface area (Å²) in [5.74, 6) is 0.243. The van der Waals surface area contributed by atoms with Gasteiger partial charge in [0.05, 0.1) is 5.56 Å². The van der Waals surface area contributed by atoms with Gasteiger partial charge in [-0.05, 0) is 48.6 Å². The molecule has 0 radical (unpaired) electrons. The Hall–Kier alpha value is -2.39. The van der Waals surface area contributed by atoms with Gasteiger partial charge in [-0.1, -0.05) is 96.4 Å². The third kappa shape index (κ3) is 6.30. The first-order valence-corrected chi connectivity index (χ1v) is 11.2. The number of benzene rings is 3. The maximum Gasteiger partial charge on any atom is 0.343 e. The van der Waals surface area contributed by atoms with Crippen LogP contribution in [0.2, 0.25) is 0 Å². The molecule has 3 aromatic carbocycles. The van der Waals surface area contributed by atoms with Gasteiger partial charge < -0.3 is 4.74 Å². The van der Waals surface area contributed by atoms with Crippen molar-refractivity contribution in [1.82, 2.24) is 0 Å². The van der Waals surface area contributed by atoms with Crippen molar-refractivity contribution < 1.29 is 9.53 Å². The lowest BCUT2D eigenvalue weighted by atomic mass is 10.0. The molecule has 0 aliphatic rings.